The molecule has 0 radical (unpaired) electrons. The molecule has 0 heterocycles. The highest BCUT2D eigenvalue weighted by Gasteiger charge is 2.32. The Morgan fingerprint density at radius 1 is 1.29 bits per heavy atom. The fourth-order valence-electron chi connectivity index (χ4n) is 2.38. The molecule has 2 heteroatoms. The van der Waals surface area contributed by atoms with Crippen molar-refractivity contribution < 1.29 is 0 Å². The van der Waals surface area contributed by atoms with Gasteiger partial charge in [0.2, 0.25) is 0 Å². The summed E-state index contributed by atoms with van der Waals surface area (Å²) in [6.07, 6.45) is 9.44. The van der Waals surface area contributed by atoms with E-state index in [2.05, 4.69) is 25.4 Å². The minimum atomic E-state index is 0.641. The smallest absolute Gasteiger partial charge is 0.00106 e. The van der Waals surface area contributed by atoms with Gasteiger partial charge in [0, 0.05) is 12.6 Å². The number of nitrogens with one attached hydrogen (secondary N) is 1. The van der Waals surface area contributed by atoms with Crippen LogP contribution in [0.25, 0.3) is 0 Å². The van der Waals surface area contributed by atoms with Gasteiger partial charge in [0.1, 0.15) is 0 Å². The molecule has 1 saturated carbocycles. The highest BCUT2D eigenvalue weighted by Crippen LogP contribution is 2.41. The van der Waals surface area contributed by atoms with Crippen molar-refractivity contribution in [2.75, 3.05) is 18.6 Å². The second kappa shape index (κ2) is 6.02. The fraction of sp³-hybridized carbons (Fsp3) is 1.00. The first-order chi connectivity index (χ1) is 6.68. The summed E-state index contributed by atoms with van der Waals surface area (Å²) in [5.74, 6) is 1.33. The maximum atomic E-state index is 3.63. The maximum absolute atomic E-state index is 3.63. The zero-order valence-electron chi connectivity index (χ0n) is 9.94. The molecule has 84 valence electrons. The standard InChI is InChI=1S/C12H25NS/c1-11(2)13-10-12(8-9-14-3)6-4-5-7-12/h11,13H,4-10H2,1-3H3. The van der Waals surface area contributed by atoms with Gasteiger partial charge in [-0.1, -0.05) is 26.7 Å². The Hall–Kier alpha value is 0.310. The molecule has 1 nitrogen and oxygen atoms in total. The third-order valence-electron chi connectivity index (χ3n) is 3.39. The molecule has 0 amide bonds. The van der Waals surface area contributed by atoms with E-state index in [1.54, 1.807) is 0 Å². The number of hydrogen-bond donors (Lipinski definition) is 1. The van der Waals surface area contributed by atoms with Crippen LogP contribution in [0.2, 0.25) is 0 Å². The van der Waals surface area contributed by atoms with Gasteiger partial charge in [0.15, 0.2) is 0 Å². The SMILES string of the molecule is CSCCC1(CNC(C)C)CCCC1. The van der Waals surface area contributed by atoms with Crippen molar-refractivity contribution in [3.05, 3.63) is 0 Å². The molecular weight excluding hydrogens is 190 g/mol. The zero-order valence-corrected chi connectivity index (χ0v) is 10.8. The Bertz CT molecular complexity index is 150. The topological polar surface area (TPSA) is 12.0 Å². The second-order valence-electron chi connectivity index (χ2n) is 4.99. The molecule has 1 N–H and O–H groups in total. The Labute approximate surface area is 93.4 Å². The minimum Gasteiger partial charge on any atom is -0.314 e. The molecular formula is C12H25NS. The normalized spacial score (nSPS) is 20.6. The van der Waals surface area contributed by atoms with Crippen molar-refractivity contribution in [2.24, 2.45) is 5.41 Å². The average Bonchev–Trinajstić information content (AvgIpc) is 2.61. The zero-order chi connectivity index (χ0) is 10.4. The van der Waals surface area contributed by atoms with Gasteiger partial charge in [-0.25, -0.2) is 0 Å². The van der Waals surface area contributed by atoms with Crippen molar-refractivity contribution >= 4 is 11.8 Å². The van der Waals surface area contributed by atoms with Crippen LogP contribution in [0.15, 0.2) is 0 Å². The molecule has 0 aromatic rings. The summed E-state index contributed by atoms with van der Waals surface area (Å²) >= 11 is 1.99. The summed E-state index contributed by atoms with van der Waals surface area (Å²) in [7, 11) is 0. The van der Waals surface area contributed by atoms with Gasteiger partial charge in [-0.2, -0.15) is 11.8 Å². The number of thioether (sulfide) groups is 1. The van der Waals surface area contributed by atoms with E-state index in [0.717, 1.165) is 0 Å². The highest BCUT2D eigenvalue weighted by molar-refractivity contribution is 7.98. The van der Waals surface area contributed by atoms with Crippen molar-refractivity contribution in [1.29, 1.82) is 0 Å². The van der Waals surface area contributed by atoms with Crippen molar-refractivity contribution in [3.8, 4) is 0 Å². The molecule has 0 aliphatic heterocycles. The molecule has 1 rings (SSSR count). The van der Waals surface area contributed by atoms with Crippen LogP contribution in [0.3, 0.4) is 0 Å². The molecule has 0 aromatic carbocycles. The van der Waals surface area contributed by atoms with E-state index in [4.69, 9.17) is 0 Å². The van der Waals surface area contributed by atoms with Gasteiger partial charge in [-0.05, 0) is 36.7 Å². The van der Waals surface area contributed by atoms with E-state index >= 15 is 0 Å². The highest BCUT2D eigenvalue weighted by atomic mass is 32.2. The summed E-state index contributed by atoms with van der Waals surface area (Å²) in [5, 5.41) is 3.63. The summed E-state index contributed by atoms with van der Waals surface area (Å²) in [4.78, 5) is 0. The van der Waals surface area contributed by atoms with Crippen molar-refractivity contribution in [2.45, 2.75) is 52.0 Å². The number of rotatable bonds is 6. The van der Waals surface area contributed by atoms with Gasteiger partial charge >= 0.3 is 0 Å². The average molecular weight is 215 g/mol. The quantitative estimate of drug-likeness (QED) is 0.729. The Morgan fingerprint density at radius 2 is 1.93 bits per heavy atom. The van der Waals surface area contributed by atoms with E-state index < -0.39 is 0 Å². The van der Waals surface area contributed by atoms with Gasteiger partial charge < -0.3 is 5.32 Å². The summed E-state index contributed by atoms with van der Waals surface area (Å²) in [5.41, 5.74) is 0.646. The van der Waals surface area contributed by atoms with Crippen LogP contribution >= 0.6 is 11.8 Å². The van der Waals surface area contributed by atoms with Crippen molar-refractivity contribution in [3.63, 3.8) is 0 Å². The molecule has 0 saturated heterocycles. The lowest BCUT2D eigenvalue weighted by Gasteiger charge is -2.30. The maximum Gasteiger partial charge on any atom is 0.00106 e. The van der Waals surface area contributed by atoms with Crippen LogP contribution in [0.1, 0.15) is 46.0 Å². The first-order valence-corrected chi connectivity index (χ1v) is 7.30. The third-order valence-corrected chi connectivity index (χ3v) is 4.00. The van der Waals surface area contributed by atoms with Crippen LogP contribution in [0, 0.1) is 5.41 Å². The minimum absolute atomic E-state index is 0.641. The van der Waals surface area contributed by atoms with E-state index in [1.165, 1.54) is 44.4 Å². The Balaban J connectivity index is 2.36. The molecule has 0 aromatic heterocycles. The predicted molar refractivity (Wildman–Crippen MR) is 67.0 cm³/mol. The van der Waals surface area contributed by atoms with Crippen LogP contribution in [0.5, 0.6) is 0 Å². The lowest BCUT2D eigenvalue weighted by Crippen LogP contribution is -2.36. The summed E-state index contributed by atoms with van der Waals surface area (Å²) in [6, 6.07) is 0.641. The third kappa shape index (κ3) is 3.82. The molecule has 1 fully saturated rings. The van der Waals surface area contributed by atoms with Crippen LogP contribution in [-0.4, -0.2) is 24.6 Å². The first kappa shape index (κ1) is 12.4. The van der Waals surface area contributed by atoms with Gasteiger partial charge in [0.25, 0.3) is 0 Å². The Kier molecular flexibility index (Phi) is 5.32. The molecule has 14 heavy (non-hydrogen) atoms. The van der Waals surface area contributed by atoms with Gasteiger partial charge in [0.05, 0.1) is 0 Å². The largest absolute Gasteiger partial charge is 0.314 e. The van der Waals surface area contributed by atoms with Crippen LogP contribution in [0.4, 0.5) is 0 Å². The van der Waals surface area contributed by atoms with Crippen molar-refractivity contribution in [1.82, 2.24) is 5.32 Å². The van der Waals surface area contributed by atoms with Gasteiger partial charge in [-0.3, -0.25) is 0 Å². The van der Waals surface area contributed by atoms with E-state index in [9.17, 15) is 0 Å². The summed E-state index contributed by atoms with van der Waals surface area (Å²) < 4.78 is 0. The first-order valence-electron chi connectivity index (χ1n) is 5.91. The second-order valence-corrected chi connectivity index (χ2v) is 5.97. The molecule has 0 unspecified atom stereocenters. The lowest BCUT2D eigenvalue weighted by atomic mass is 9.83. The predicted octanol–water partition coefficient (Wildman–Crippen LogP) is 3.30. The molecule has 0 spiro atoms. The van der Waals surface area contributed by atoms with Crippen LogP contribution < -0.4 is 5.32 Å². The molecule has 1 aliphatic rings. The molecule has 1 aliphatic carbocycles. The molecule has 0 bridgehead atoms. The Morgan fingerprint density at radius 3 is 2.43 bits per heavy atom. The van der Waals surface area contributed by atoms with E-state index in [0.29, 0.717) is 11.5 Å². The fourth-order valence-corrected chi connectivity index (χ4v) is 3.02. The van der Waals surface area contributed by atoms with E-state index in [1.807, 2.05) is 11.8 Å². The lowest BCUT2D eigenvalue weighted by molar-refractivity contribution is 0.263. The van der Waals surface area contributed by atoms with Crippen LogP contribution in [-0.2, 0) is 0 Å². The van der Waals surface area contributed by atoms with E-state index in [-0.39, 0.29) is 0 Å². The summed E-state index contributed by atoms with van der Waals surface area (Å²) in [6.45, 7) is 5.74. The monoisotopic (exact) mass is 215 g/mol. The number of hydrogen-bond acceptors (Lipinski definition) is 2. The van der Waals surface area contributed by atoms with Gasteiger partial charge in [-0.15, -0.1) is 0 Å². The molecule has 0 atom stereocenters.